The first-order valence-corrected chi connectivity index (χ1v) is 16.9. The molecule has 1 aliphatic rings. The van der Waals surface area contributed by atoms with E-state index in [1.165, 1.54) is 24.3 Å². The van der Waals surface area contributed by atoms with E-state index < -0.39 is 18.1 Å². The Balaban J connectivity index is 0.907. The Hall–Kier alpha value is -5.56. The van der Waals surface area contributed by atoms with Crippen LogP contribution in [0.15, 0.2) is 108 Å². The number of anilines is 2. The molecule has 6 rings (SSSR count). The van der Waals surface area contributed by atoms with Gasteiger partial charge in [0.25, 0.3) is 5.91 Å². The summed E-state index contributed by atoms with van der Waals surface area (Å²) in [6, 6.07) is 29.7. The minimum absolute atomic E-state index is 0.000191. The van der Waals surface area contributed by atoms with Gasteiger partial charge in [0.2, 0.25) is 5.56 Å². The SMILES string of the molecule is O=C(Nc1ccccc1-c1ccccc1)OC1CCN(CCC(=O)N(F)c2ccc(CNCC(O)c3ccc(O)c4[nH]c(=O)ccc34)cc2)CC1. The number of aliphatic hydroxyl groups is 1. The van der Waals surface area contributed by atoms with Crippen LogP contribution in [-0.4, -0.2) is 64.4 Å². The minimum atomic E-state index is -0.914. The van der Waals surface area contributed by atoms with Crippen molar-refractivity contribution in [1.29, 1.82) is 0 Å². The molecule has 5 aromatic rings. The molecule has 0 saturated carbocycles. The van der Waals surface area contributed by atoms with Crippen molar-refractivity contribution in [3.63, 3.8) is 0 Å². The molecule has 1 unspecified atom stereocenters. The number of aromatic amines is 1. The van der Waals surface area contributed by atoms with Crippen LogP contribution in [0, 0.1) is 0 Å². The molecule has 0 spiro atoms. The summed E-state index contributed by atoms with van der Waals surface area (Å²) < 4.78 is 20.7. The molecule has 2 heterocycles. The van der Waals surface area contributed by atoms with Gasteiger partial charge in [-0.15, -0.1) is 5.12 Å². The molecule has 0 bridgehead atoms. The van der Waals surface area contributed by atoms with Crippen molar-refractivity contribution in [2.45, 2.75) is 38.0 Å². The molecular formula is C39H40FN5O6. The third-order valence-electron chi connectivity index (χ3n) is 9.01. The van der Waals surface area contributed by atoms with E-state index >= 15 is 0 Å². The summed E-state index contributed by atoms with van der Waals surface area (Å²) in [7, 11) is 0. The van der Waals surface area contributed by atoms with E-state index in [0.717, 1.165) is 16.7 Å². The molecule has 1 atom stereocenters. The summed E-state index contributed by atoms with van der Waals surface area (Å²) in [6.45, 7) is 2.20. The number of hydrogen-bond donors (Lipinski definition) is 5. The zero-order chi connectivity index (χ0) is 35.7. The third kappa shape index (κ3) is 8.97. The molecule has 1 aromatic heterocycles. The quantitative estimate of drug-likeness (QED) is 0.0994. The van der Waals surface area contributed by atoms with Crippen molar-refractivity contribution in [1.82, 2.24) is 15.2 Å². The number of phenolic OH excluding ortho intramolecular Hbond substituents is 1. The van der Waals surface area contributed by atoms with Gasteiger partial charge in [-0.3, -0.25) is 14.9 Å². The topological polar surface area (TPSA) is 147 Å². The van der Waals surface area contributed by atoms with Crippen LogP contribution in [-0.2, 0) is 16.1 Å². The number of benzene rings is 4. The highest BCUT2D eigenvalue weighted by molar-refractivity contribution is 5.92. The number of amides is 2. The van der Waals surface area contributed by atoms with Gasteiger partial charge in [-0.25, -0.2) is 4.79 Å². The van der Waals surface area contributed by atoms with Crippen molar-refractivity contribution < 1.29 is 29.0 Å². The van der Waals surface area contributed by atoms with E-state index in [4.69, 9.17) is 4.74 Å². The maximum Gasteiger partial charge on any atom is 0.411 e. The number of carbonyl (C=O) groups is 2. The lowest BCUT2D eigenvalue weighted by Gasteiger charge is -2.31. The lowest BCUT2D eigenvalue weighted by Crippen LogP contribution is -2.40. The van der Waals surface area contributed by atoms with E-state index in [1.807, 2.05) is 54.6 Å². The Morgan fingerprint density at radius 1 is 0.941 bits per heavy atom. The maximum absolute atomic E-state index is 15.0. The smallest absolute Gasteiger partial charge is 0.411 e. The molecule has 4 aromatic carbocycles. The summed E-state index contributed by atoms with van der Waals surface area (Å²) in [5, 5.41) is 27.6. The Labute approximate surface area is 294 Å². The van der Waals surface area contributed by atoms with Gasteiger partial charge in [-0.1, -0.05) is 71.2 Å². The molecule has 12 heteroatoms. The summed E-state index contributed by atoms with van der Waals surface area (Å²) in [5.74, 6) is -0.733. The fourth-order valence-corrected chi connectivity index (χ4v) is 6.26. The normalized spacial score (nSPS) is 14.2. The van der Waals surface area contributed by atoms with Gasteiger partial charge in [-0.2, -0.15) is 0 Å². The lowest BCUT2D eigenvalue weighted by molar-refractivity contribution is -0.121. The number of para-hydroxylation sites is 1. The Morgan fingerprint density at radius 2 is 1.67 bits per heavy atom. The minimum Gasteiger partial charge on any atom is -0.506 e. The Morgan fingerprint density at radius 3 is 2.43 bits per heavy atom. The van der Waals surface area contributed by atoms with Crippen LogP contribution in [0.1, 0.15) is 36.5 Å². The number of halogens is 1. The van der Waals surface area contributed by atoms with Gasteiger partial charge >= 0.3 is 6.09 Å². The molecular weight excluding hydrogens is 653 g/mol. The van der Waals surface area contributed by atoms with Gasteiger partial charge < -0.3 is 30.2 Å². The molecule has 0 radical (unpaired) electrons. The predicted molar refractivity (Wildman–Crippen MR) is 194 cm³/mol. The summed E-state index contributed by atoms with van der Waals surface area (Å²) >= 11 is 0. The number of aliphatic hydroxyl groups excluding tert-OH is 1. The van der Waals surface area contributed by atoms with Crippen LogP contribution in [0.4, 0.5) is 20.7 Å². The van der Waals surface area contributed by atoms with Crippen molar-refractivity contribution in [3.8, 4) is 16.9 Å². The highest BCUT2D eigenvalue weighted by Gasteiger charge is 2.24. The van der Waals surface area contributed by atoms with E-state index in [-0.39, 0.29) is 46.7 Å². The first-order valence-electron chi connectivity index (χ1n) is 16.9. The van der Waals surface area contributed by atoms with Gasteiger partial charge in [0.1, 0.15) is 11.9 Å². The van der Waals surface area contributed by atoms with Gasteiger partial charge in [0, 0.05) is 56.2 Å². The van der Waals surface area contributed by atoms with Gasteiger partial charge in [0.05, 0.1) is 23.0 Å². The number of nitrogens with zero attached hydrogens (tertiary/aromatic N) is 2. The fraction of sp³-hybridized carbons (Fsp3) is 0.256. The number of hydrogen-bond acceptors (Lipinski definition) is 8. The first kappa shape index (κ1) is 35.3. The number of carbonyl (C=O) groups excluding carboxylic acids is 2. The maximum atomic E-state index is 15.0. The number of nitrogens with one attached hydrogen (secondary N) is 3. The number of aromatic nitrogens is 1. The van der Waals surface area contributed by atoms with Gasteiger partial charge in [0.15, 0.2) is 0 Å². The summed E-state index contributed by atoms with van der Waals surface area (Å²) in [6.07, 6.45) is -0.459. The molecule has 264 valence electrons. The fourth-order valence-electron chi connectivity index (χ4n) is 6.26. The van der Waals surface area contributed by atoms with Crippen LogP contribution in [0.25, 0.3) is 22.0 Å². The first-order chi connectivity index (χ1) is 24.7. The highest BCUT2D eigenvalue weighted by atomic mass is 19.2. The van der Waals surface area contributed by atoms with Crippen LogP contribution < -0.4 is 21.3 Å². The Kier molecular flexibility index (Phi) is 11.4. The lowest BCUT2D eigenvalue weighted by atomic mass is 10.0. The molecule has 1 fully saturated rings. The number of aromatic hydroxyl groups is 1. The zero-order valence-corrected chi connectivity index (χ0v) is 27.9. The summed E-state index contributed by atoms with van der Waals surface area (Å²) in [4.78, 5) is 41.7. The van der Waals surface area contributed by atoms with Crippen LogP contribution in [0.2, 0.25) is 0 Å². The number of H-pyrrole nitrogens is 1. The number of ether oxygens (including phenoxy) is 1. The second kappa shape index (κ2) is 16.4. The molecule has 5 N–H and O–H groups in total. The number of pyridine rings is 1. The zero-order valence-electron chi connectivity index (χ0n) is 27.9. The van der Waals surface area contributed by atoms with E-state index in [1.54, 1.807) is 24.3 Å². The molecule has 11 nitrogen and oxygen atoms in total. The number of phenols is 1. The average Bonchev–Trinajstić information content (AvgIpc) is 3.15. The van der Waals surface area contributed by atoms with Crippen molar-refractivity contribution >= 4 is 34.3 Å². The Bertz CT molecular complexity index is 2020. The van der Waals surface area contributed by atoms with Crippen molar-refractivity contribution in [2.24, 2.45) is 0 Å². The van der Waals surface area contributed by atoms with Crippen LogP contribution >= 0.6 is 0 Å². The largest absolute Gasteiger partial charge is 0.506 e. The second-order valence-corrected chi connectivity index (χ2v) is 12.5. The van der Waals surface area contributed by atoms with Crippen molar-refractivity contribution in [3.05, 3.63) is 125 Å². The summed E-state index contributed by atoms with van der Waals surface area (Å²) in [5.41, 5.74) is 3.97. The van der Waals surface area contributed by atoms with E-state index in [0.29, 0.717) is 55.7 Å². The number of likely N-dealkylation sites (tertiary alicyclic amines) is 1. The van der Waals surface area contributed by atoms with Crippen LogP contribution in [0.5, 0.6) is 5.75 Å². The molecule has 0 aliphatic carbocycles. The molecule has 2 amide bonds. The molecule has 1 aliphatic heterocycles. The standard InChI is InChI=1S/C39H40FN5O6/c40-45(28-12-10-26(11-13-28)24-41-25-35(47)31-14-16-34(46)38-32(31)15-17-36(48)43-38)37(49)20-23-44-21-18-29(19-22-44)51-39(50)42-33-9-5-4-8-30(33)27-6-2-1-3-7-27/h1-17,29,35,41,46-47H,18-25H2,(H,42,50)(H,43,48). The second-order valence-electron chi connectivity index (χ2n) is 12.5. The van der Waals surface area contributed by atoms with E-state index in [9.17, 15) is 29.1 Å². The van der Waals surface area contributed by atoms with Crippen molar-refractivity contribution in [2.75, 3.05) is 36.6 Å². The monoisotopic (exact) mass is 693 g/mol. The number of rotatable bonds is 12. The molecule has 51 heavy (non-hydrogen) atoms. The number of piperidine rings is 1. The number of fused-ring (bicyclic) bond motifs is 1. The highest BCUT2D eigenvalue weighted by Crippen LogP contribution is 2.30. The average molecular weight is 694 g/mol. The third-order valence-corrected chi connectivity index (χ3v) is 9.01. The van der Waals surface area contributed by atoms with Crippen LogP contribution in [0.3, 0.4) is 0 Å². The van der Waals surface area contributed by atoms with Gasteiger partial charge in [-0.05, 0) is 59.9 Å². The molecule has 1 saturated heterocycles. The van der Waals surface area contributed by atoms with E-state index in [2.05, 4.69) is 20.5 Å². The predicted octanol–water partition coefficient (Wildman–Crippen LogP) is 6.04.